The zero-order chi connectivity index (χ0) is 15.7. The number of rotatable bonds is 0. The number of allylic oxidation sites excluding steroid dienone is 1. The Hall–Kier alpha value is -2.58. The molecular formula is C22H15NS. The van der Waals surface area contributed by atoms with E-state index in [9.17, 15) is 0 Å². The van der Waals surface area contributed by atoms with Gasteiger partial charge in [0.05, 0.1) is 5.52 Å². The molecule has 0 amide bonds. The summed E-state index contributed by atoms with van der Waals surface area (Å²) in [5.41, 5.74) is 4.10. The van der Waals surface area contributed by atoms with Crippen LogP contribution in [0.1, 0.15) is 17.7 Å². The van der Waals surface area contributed by atoms with E-state index in [-0.39, 0.29) is 0 Å². The highest BCUT2D eigenvalue weighted by Crippen LogP contribution is 2.45. The summed E-state index contributed by atoms with van der Waals surface area (Å²) >= 11 is 1.91. The summed E-state index contributed by atoms with van der Waals surface area (Å²) in [5.74, 6) is 0. The molecule has 2 heteroatoms. The van der Waals surface area contributed by atoms with Gasteiger partial charge in [-0.3, -0.25) is 0 Å². The molecule has 0 saturated carbocycles. The first-order chi connectivity index (χ1) is 11.9. The van der Waals surface area contributed by atoms with Crippen LogP contribution >= 0.6 is 11.3 Å². The molecule has 1 nitrogen and oxygen atoms in total. The highest BCUT2D eigenvalue weighted by Gasteiger charge is 2.20. The molecule has 114 valence electrons. The summed E-state index contributed by atoms with van der Waals surface area (Å²) in [4.78, 5) is 3.78. The van der Waals surface area contributed by atoms with Crippen LogP contribution in [0.3, 0.4) is 0 Å². The molecule has 6 rings (SSSR count). The molecule has 0 saturated heterocycles. The van der Waals surface area contributed by atoms with Crippen molar-refractivity contribution in [3.63, 3.8) is 0 Å². The molecule has 2 heterocycles. The third-order valence-corrected chi connectivity index (χ3v) is 6.46. The summed E-state index contributed by atoms with van der Waals surface area (Å²) in [6.45, 7) is 0. The molecule has 1 aliphatic carbocycles. The highest BCUT2D eigenvalue weighted by atomic mass is 32.1. The summed E-state index contributed by atoms with van der Waals surface area (Å²) in [5, 5.41) is 6.91. The smallest absolute Gasteiger partial charge is 0.0563 e. The van der Waals surface area contributed by atoms with E-state index in [2.05, 4.69) is 65.7 Å². The van der Waals surface area contributed by atoms with Crippen LogP contribution < -0.4 is 0 Å². The monoisotopic (exact) mass is 325 g/mol. The number of hydrogen-bond donors (Lipinski definition) is 1. The molecule has 0 fully saturated rings. The third kappa shape index (κ3) is 1.49. The number of thiophene rings is 1. The lowest BCUT2D eigenvalue weighted by Gasteiger charge is -2.06. The summed E-state index contributed by atoms with van der Waals surface area (Å²) in [6, 6.07) is 17.7. The molecule has 0 unspecified atom stereocenters. The quantitative estimate of drug-likeness (QED) is 0.328. The second-order valence-corrected chi connectivity index (χ2v) is 7.61. The normalized spacial score (nSPS) is 14.2. The van der Waals surface area contributed by atoms with Crippen LogP contribution in [-0.2, 0) is 6.42 Å². The zero-order valence-corrected chi connectivity index (χ0v) is 13.9. The Kier molecular flexibility index (Phi) is 2.39. The first-order valence-corrected chi connectivity index (χ1v) is 9.26. The van der Waals surface area contributed by atoms with Gasteiger partial charge in [0.2, 0.25) is 0 Å². The van der Waals surface area contributed by atoms with Gasteiger partial charge in [-0.1, -0.05) is 54.6 Å². The standard InChI is InChI=1S/C22H15NS/c1-2-8-14-13(7-1)19-15-9-3-5-11-17(15)23-21(19)20-16-10-4-6-12-18(16)24-22(14)20/h1-4,6-10,12,23H,5,11H2. The van der Waals surface area contributed by atoms with E-state index in [1.54, 1.807) is 0 Å². The maximum Gasteiger partial charge on any atom is 0.0563 e. The Labute approximate surface area is 143 Å². The Bertz CT molecular complexity index is 1300. The average Bonchev–Trinajstić information content (AvgIpc) is 3.20. The molecule has 5 aromatic rings. The number of hydrogen-bond acceptors (Lipinski definition) is 1. The molecule has 0 bridgehead atoms. The lowest BCUT2D eigenvalue weighted by atomic mass is 9.96. The first-order valence-electron chi connectivity index (χ1n) is 8.45. The molecule has 0 radical (unpaired) electrons. The van der Waals surface area contributed by atoms with Crippen LogP contribution in [-0.4, -0.2) is 4.98 Å². The van der Waals surface area contributed by atoms with Crippen molar-refractivity contribution in [2.45, 2.75) is 12.8 Å². The Balaban J connectivity index is 2.01. The molecule has 0 atom stereocenters. The molecule has 3 aromatic carbocycles. The van der Waals surface area contributed by atoms with Gasteiger partial charge in [0.25, 0.3) is 0 Å². The Morgan fingerprint density at radius 2 is 1.62 bits per heavy atom. The van der Waals surface area contributed by atoms with Crippen molar-refractivity contribution in [1.29, 1.82) is 0 Å². The molecule has 1 N–H and O–H groups in total. The number of H-pyrrole nitrogens is 1. The maximum absolute atomic E-state index is 3.78. The van der Waals surface area contributed by atoms with Crippen molar-refractivity contribution >= 4 is 59.3 Å². The molecule has 2 aromatic heterocycles. The van der Waals surface area contributed by atoms with E-state index in [0.717, 1.165) is 12.8 Å². The van der Waals surface area contributed by atoms with E-state index in [1.165, 1.54) is 53.1 Å². The average molecular weight is 325 g/mol. The van der Waals surface area contributed by atoms with Gasteiger partial charge in [0.15, 0.2) is 0 Å². The minimum absolute atomic E-state index is 1.11. The topological polar surface area (TPSA) is 15.8 Å². The fraction of sp³-hybridized carbons (Fsp3) is 0.0909. The number of aryl methyl sites for hydroxylation is 1. The van der Waals surface area contributed by atoms with Gasteiger partial charge in [0.1, 0.15) is 0 Å². The van der Waals surface area contributed by atoms with Crippen LogP contribution in [0.5, 0.6) is 0 Å². The summed E-state index contributed by atoms with van der Waals surface area (Å²) in [7, 11) is 0. The van der Waals surface area contributed by atoms with Gasteiger partial charge < -0.3 is 4.98 Å². The van der Waals surface area contributed by atoms with Crippen LogP contribution in [0, 0.1) is 0 Å². The Morgan fingerprint density at radius 3 is 2.54 bits per heavy atom. The van der Waals surface area contributed by atoms with Crippen molar-refractivity contribution in [2.24, 2.45) is 0 Å². The predicted molar refractivity (Wildman–Crippen MR) is 106 cm³/mol. The zero-order valence-electron chi connectivity index (χ0n) is 13.1. The number of aromatic nitrogens is 1. The third-order valence-electron chi connectivity index (χ3n) is 5.25. The lowest BCUT2D eigenvalue weighted by molar-refractivity contribution is 0.951. The largest absolute Gasteiger partial charge is 0.357 e. The van der Waals surface area contributed by atoms with Crippen molar-refractivity contribution in [3.8, 4) is 0 Å². The lowest BCUT2D eigenvalue weighted by Crippen LogP contribution is -1.90. The predicted octanol–water partition coefficient (Wildman–Crippen LogP) is 6.65. The van der Waals surface area contributed by atoms with Gasteiger partial charge in [-0.25, -0.2) is 0 Å². The van der Waals surface area contributed by atoms with E-state index < -0.39 is 0 Å². The number of fused-ring (bicyclic) bond motifs is 10. The second-order valence-electron chi connectivity index (χ2n) is 6.56. The van der Waals surface area contributed by atoms with Crippen LogP contribution in [0.25, 0.3) is 47.9 Å². The molecule has 0 aliphatic heterocycles. The second kappa shape index (κ2) is 4.49. The number of benzene rings is 3. The van der Waals surface area contributed by atoms with Gasteiger partial charge >= 0.3 is 0 Å². The highest BCUT2D eigenvalue weighted by molar-refractivity contribution is 7.27. The van der Waals surface area contributed by atoms with Crippen LogP contribution in [0.15, 0.2) is 54.6 Å². The van der Waals surface area contributed by atoms with Gasteiger partial charge in [0, 0.05) is 42.2 Å². The van der Waals surface area contributed by atoms with Crippen LogP contribution in [0.4, 0.5) is 0 Å². The minimum Gasteiger partial charge on any atom is -0.357 e. The molecule has 0 spiro atoms. The van der Waals surface area contributed by atoms with Crippen LogP contribution in [0.2, 0.25) is 0 Å². The SMILES string of the molecule is C1=Cc2c([nH]c3c2c2ccccc2c2sc4ccccc4c32)CC1. The van der Waals surface area contributed by atoms with Gasteiger partial charge in [-0.15, -0.1) is 11.3 Å². The summed E-state index contributed by atoms with van der Waals surface area (Å²) in [6.07, 6.45) is 6.86. The van der Waals surface area contributed by atoms with E-state index >= 15 is 0 Å². The van der Waals surface area contributed by atoms with Crippen molar-refractivity contribution < 1.29 is 0 Å². The van der Waals surface area contributed by atoms with E-state index in [0.29, 0.717) is 0 Å². The van der Waals surface area contributed by atoms with Crippen molar-refractivity contribution in [1.82, 2.24) is 4.98 Å². The van der Waals surface area contributed by atoms with E-state index in [1.807, 2.05) is 11.3 Å². The number of aromatic amines is 1. The van der Waals surface area contributed by atoms with E-state index in [4.69, 9.17) is 0 Å². The van der Waals surface area contributed by atoms with Crippen molar-refractivity contribution in [2.75, 3.05) is 0 Å². The number of nitrogens with one attached hydrogen (secondary N) is 1. The Morgan fingerprint density at radius 1 is 0.833 bits per heavy atom. The maximum atomic E-state index is 3.78. The molecule has 1 aliphatic rings. The molecule has 24 heavy (non-hydrogen) atoms. The fourth-order valence-corrected chi connectivity index (χ4v) is 5.47. The fourth-order valence-electron chi connectivity index (χ4n) is 4.23. The van der Waals surface area contributed by atoms with Gasteiger partial charge in [-0.05, 0) is 24.3 Å². The van der Waals surface area contributed by atoms with Gasteiger partial charge in [-0.2, -0.15) is 0 Å². The first kappa shape index (κ1) is 12.8. The minimum atomic E-state index is 1.11. The summed E-state index contributed by atoms with van der Waals surface area (Å²) < 4.78 is 2.77. The molecular weight excluding hydrogens is 310 g/mol. The van der Waals surface area contributed by atoms with Crippen molar-refractivity contribution in [3.05, 3.63) is 65.9 Å².